The molecule has 0 unspecified atom stereocenters. The molecule has 0 N–H and O–H groups in total. The Morgan fingerprint density at radius 1 is 1.06 bits per heavy atom. The molecule has 0 aromatic heterocycles. The Bertz CT molecular complexity index is 1260. The standard InChI is InChI=1S/C23H14Br2N2O5/c24-17-10-16(11-19-21(26-32-23(19)28)15-4-2-1-3-5-15)22(20(25)12-17)31-13-14-6-8-18(9-7-14)27(29)30/h1-12H,13H2/b19-11-. The van der Waals surface area contributed by atoms with Crippen LogP contribution in [0.3, 0.4) is 0 Å². The second-order valence-corrected chi connectivity index (χ2v) is 8.53. The Balaban J connectivity index is 1.66. The lowest BCUT2D eigenvalue weighted by Crippen LogP contribution is -2.07. The van der Waals surface area contributed by atoms with Gasteiger partial charge < -0.3 is 9.57 Å². The van der Waals surface area contributed by atoms with Crippen LogP contribution in [-0.2, 0) is 16.2 Å². The van der Waals surface area contributed by atoms with Crippen LogP contribution in [0, 0.1) is 10.1 Å². The lowest BCUT2D eigenvalue weighted by Gasteiger charge is -2.13. The van der Waals surface area contributed by atoms with Gasteiger partial charge in [0.2, 0.25) is 0 Å². The van der Waals surface area contributed by atoms with Gasteiger partial charge in [0, 0.05) is 27.7 Å². The number of oxime groups is 1. The molecule has 4 rings (SSSR count). The first-order valence-corrected chi connectivity index (χ1v) is 10.9. The van der Waals surface area contributed by atoms with Crippen molar-refractivity contribution in [3.05, 3.63) is 108 Å². The minimum atomic E-state index is -0.554. The molecule has 32 heavy (non-hydrogen) atoms. The maximum Gasteiger partial charge on any atom is 0.368 e. The average Bonchev–Trinajstić information content (AvgIpc) is 3.14. The predicted octanol–water partition coefficient (Wildman–Crippen LogP) is 6.04. The third-order valence-electron chi connectivity index (χ3n) is 4.61. The minimum Gasteiger partial charge on any atom is -0.487 e. The Kier molecular flexibility index (Phi) is 6.48. The smallest absolute Gasteiger partial charge is 0.368 e. The molecule has 160 valence electrons. The molecule has 0 fully saturated rings. The van der Waals surface area contributed by atoms with Gasteiger partial charge in [0.15, 0.2) is 0 Å². The number of non-ortho nitro benzene ring substituents is 1. The Labute approximate surface area is 199 Å². The van der Waals surface area contributed by atoms with E-state index in [1.165, 1.54) is 12.1 Å². The van der Waals surface area contributed by atoms with E-state index in [4.69, 9.17) is 9.57 Å². The van der Waals surface area contributed by atoms with Crippen LogP contribution < -0.4 is 4.74 Å². The minimum absolute atomic E-state index is 0.0106. The lowest BCUT2D eigenvalue weighted by molar-refractivity contribution is -0.384. The maximum absolute atomic E-state index is 12.4. The van der Waals surface area contributed by atoms with Gasteiger partial charge >= 0.3 is 5.97 Å². The molecular weight excluding hydrogens is 544 g/mol. The summed E-state index contributed by atoms with van der Waals surface area (Å²) in [5, 5.41) is 14.8. The van der Waals surface area contributed by atoms with Crippen LogP contribution in [0.5, 0.6) is 5.75 Å². The molecule has 7 nitrogen and oxygen atoms in total. The summed E-state index contributed by atoms with van der Waals surface area (Å²) in [5.74, 6) is -0.0487. The lowest BCUT2D eigenvalue weighted by atomic mass is 10.0. The van der Waals surface area contributed by atoms with Crippen molar-refractivity contribution in [2.75, 3.05) is 0 Å². The highest BCUT2D eigenvalue weighted by Crippen LogP contribution is 2.36. The number of hydrogen-bond donors (Lipinski definition) is 0. The second kappa shape index (κ2) is 9.46. The van der Waals surface area contributed by atoms with Crippen molar-refractivity contribution in [2.24, 2.45) is 5.16 Å². The molecule has 3 aromatic rings. The van der Waals surface area contributed by atoms with Gasteiger partial charge in [-0.2, -0.15) is 0 Å². The summed E-state index contributed by atoms with van der Waals surface area (Å²) >= 11 is 6.97. The number of nitro groups is 1. The Hall–Kier alpha value is -3.30. The number of benzene rings is 3. The van der Waals surface area contributed by atoms with E-state index in [2.05, 4.69) is 37.0 Å². The summed E-state index contributed by atoms with van der Waals surface area (Å²) in [5.41, 5.74) is 2.90. The third kappa shape index (κ3) is 4.79. The largest absolute Gasteiger partial charge is 0.487 e. The van der Waals surface area contributed by atoms with Crippen LogP contribution in [0.1, 0.15) is 16.7 Å². The molecule has 0 spiro atoms. The van der Waals surface area contributed by atoms with Crippen LogP contribution in [0.4, 0.5) is 5.69 Å². The van der Waals surface area contributed by atoms with E-state index in [1.54, 1.807) is 18.2 Å². The van der Waals surface area contributed by atoms with E-state index in [0.717, 1.165) is 15.6 Å². The van der Waals surface area contributed by atoms with E-state index in [1.807, 2.05) is 42.5 Å². The van der Waals surface area contributed by atoms with Crippen LogP contribution in [0.25, 0.3) is 6.08 Å². The van der Waals surface area contributed by atoms with Gasteiger partial charge in [-0.1, -0.05) is 51.4 Å². The molecule has 0 atom stereocenters. The summed E-state index contributed by atoms with van der Waals surface area (Å²) in [4.78, 5) is 27.7. The Morgan fingerprint density at radius 3 is 2.47 bits per heavy atom. The number of hydrogen-bond acceptors (Lipinski definition) is 6. The van der Waals surface area contributed by atoms with Crippen molar-refractivity contribution in [3.8, 4) is 5.75 Å². The molecule has 0 bridgehead atoms. The molecule has 0 aliphatic carbocycles. The quantitative estimate of drug-likeness (QED) is 0.159. The van der Waals surface area contributed by atoms with Crippen molar-refractivity contribution in [3.63, 3.8) is 0 Å². The van der Waals surface area contributed by atoms with Crippen molar-refractivity contribution in [2.45, 2.75) is 6.61 Å². The van der Waals surface area contributed by atoms with Crippen molar-refractivity contribution in [1.82, 2.24) is 0 Å². The molecule has 0 amide bonds. The Morgan fingerprint density at radius 2 is 1.78 bits per heavy atom. The maximum atomic E-state index is 12.4. The van der Waals surface area contributed by atoms with Gasteiger partial charge in [0.05, 0.1) is 15.0 Å². The summed E-state index contributed by atoms with van der Waals surface area (Å²) in [6, 6.07) is 19.0. The molecule has 0 saturated heterocycles. The van der Waals surface area contributed by atoms with E-state index < -0.39 is 10.9 Å². The third-order valence-corrected chi connectivity index (χ3v) is 5.66. The van der Waals surface area contributed by atoms with Crippen LogP contribution >= 0.6 is 31.9 Å². The number of ether oxygens (including phenoxy) is 1. The number of carbonyl (C=O) groups excluding carboxylic acids is 1. The second-order valence-electron chi connectivity index (χ2n) is 6.76. The van der Waals surface area contributed by atoms with Crippen molar-refractivity contribution in [1.29, 1.82) is 0 Å². The van der Waals surface area contributed by atoms with Gasteiger partial charge in [-0.05, 0) is 51.8 Å². The molecule has 0 saturated carbocycles. The zero-order valence-corrected chi connectivity index (χ0v) is 19.5. The van der Waals surface area contributed by atoms with Crippen LogP contribution in [-0.4, -0.2) is 16.6 Å². The first kappa shape index (κ1) is 21.9. The summed E-state index contributed by atoms with van der Waals surface area (Å²) in [6.45, 7) is 0.179. The van der Waals surface area contributed by atoms with Crippen LogP contribution in [0.15, 0.2) is 86.4 Å². The average molecular weight is 558 g/mol. The first-order chi connectivity index (χ1) is 15.4. The highest BCUT2D eigenvalue weighted by Gasteiger charge is 2.27. The number of nitrogens with zero attached hydrogens (tertiary/aromatic N) is 2. The fourth-order valence-electron chi connectivity index (χ4n) is 3.08. The van der Waals surface area contributed by atoms with Gasteiger partial charge in [0.25, 0.3) is 5.69 Å². The molecule has 0 radical (unpaired) electrons. The molecule has 1 aliphatic heterocycles. The molecule has 1 aliphatic rings. The fourth-order valence-corrected chi connectivity index (χ4v) is 4.45. The van der Waals surface area contributed by atoms with Crippen molar-refractivity contribution >= 4 is 55.3 Å². The number of rotatable bonds is 6. The number of halogens is 2. The number of nitro benzene ring substituents is 1. The van der Waals surface area contributed by atoms with Gasteiger partial charge in [-0.3, -0.25) is 10.1 Å². The van der Waals surface area contributed by atoms with Crippen LogP contribution in [0.2, 0.25) is 0 Å². The van der Waals surface area contributed by atoms with E-state index in [0.29, 0.717) is 27.1 Å². The highest BCUT2D eigenvalue weighted by atomic mass is 79.9. The summed E-state index contributed by atoms with van der Waals surface area (Å²) in [7, 11) is 0. The van der Waals surface area contributed by atoms with E-state index in [-0.39, 0.29) is 12.3 Å². The SMILES string of the molecule is O=C1ON=C(c2ccccc2)/C1=C/c1cc(Br)cc(Br)c1OCc1ccc([N+](=O)[O-])cc1. The van der Waals surface area contributed by atoms with Gasteiger partial charge in [-0.15, -0.1) is 0 Å². The molecular formula is C23H14Br2N2O5. The molecule has 1 heterocycles. The van der Waals surface area contributed by atoms with Gasteiger partial charge in [-0.25, -0.2) is 4.79 Å². The first-order valence-electron chi connectivity index (χ1n) is 9.34. The molecule has 3 aromatic carbocycles. The van der Waals surface area contributed by atoms with E-state index in [9.17, 15) is 14.9 Å². The van der Waals surface area contributed by atoms with Gasteiger partial charge in [0.1, 0.15) is 18.1 Å². The van der Waals surface area contributed by atoms with Crippen molar-refractivity contribution < 1.29 is 19.3 Å². The summed E-state index contributed by atoms with van der Waals surface area (Å²) < 4.78 is 7.47. The molecule has 9 heteroatoms. The highest BCUT2D eigenvalue weighted by molar-refractivity contribution is 9.11. The number of carbonyl (C=O) groups is 1. The zero-order valence-electron chi connectivity index (χ0n) is 16.3. The monoisotopic (exact) mass is 556 g/mol. The normalized spacial score (nSPS) is 14.2. The summed E-state index contributed by atoms with van der Waals surface area (Å²) in [6.07, 6.45) is 1.67. The topological polar surface area (TPSA) is 91.0 Å². The zero-order chi connectivity index (χ0) is 22.7. The fraction of sp³-hybridized carbons (Fsp3) is 0.0435. The predicted molar refractivity (Wildman–Crippen MR) is 126 cm³/mol. The van der Waals surface area contributed by atoms with E-state index >= 15 is 0 Å².